The first-order valence-corrected chi connectivity index (χ1v) is 11.4. The zero-order chi connectivity index (χ0) is 21.3. The maximum absolute atomic E-state index is 10.6. The van der Waals surface area contributed by atoms with E-state index in [1.807, 2.05) is 24.4 Å². The normalized spacial score (nSPS) is 10.9. The highest BCUT2D eigenvalue weighted by Crippen LogP contribution is 2.26. The number of carboxylic acid groups (broad SMARTS) is 1. The van der Waals surface area contributed by atoms with E-state index in [-0.39, 0.29) is 6.42 Å². The predicted octanol–water partition coefficient (Wildman–Crippen LogP) is 5.65. The Morgan fingerprint density at radius 1 is 1.10 bits per heavy atom. The van der Waals surface area contributed by atoms with E-state index in [0.717, 1.165) is 41.2 Å². The lowest BCUT2D eigenvalue weighted by Crippen LogP contribution is -2.07. The minimum atomic E-state index is -0.740. The number of aromatic nitrogens is 2. The summed E-state index contributed by atoms with van der Waals surface area (Å²) in [6.07, 6.45) is 6.58. The Hall–Kier alpha value is -2.73. The van der Waals surface area contributed by atoms with Gasteiger partial charge in [0.2, 0.25) is 0 Å². The number of thioether (sulfide) groups is 1. The number of aliphatic carboxylic acids is 1. The zero-order valence-electron chi connectivity index (χ0n) is 17.5. The molecule has 0 spiro atoms. The summed E-state index contributed by atoms with van der Waals surface area (Å²) >= 11 is 1.73. The second kappa shape index (κ2) is 10.9. The van der Waals surface area contributed by atoms with Crippen LogP contribution in [0.5, 0.6) is 5.75 Å². The molecule has 158 valence electrons. The molecule has 0 atom stereocenters. The Balaban J connectivity index is 1.69. The van der Waals surface area contributed by atoms with Gasteiger partial charge in [-0.15, -0.1) is 11.8 Å². The van der Waals surface area contributed by atoms with Gasteiger partial charge in [-0.25, -0.2) is 4.98 Å². The lowest BCUT2D eigenvalue weighted by atomic mass is 10.1. The molecule has 0 saturated carbocycles. The van der Waals surface area contributed by atoms with Crippen molar-refractivity contribution in [3.8, 4) is 17.1 Å². The van der Waals surface area contributed by atoms with Crippen LogP contribution in [0.1, 0.15) is 36.9 Å². The molecule has 0 aliphatic heterocycles. The average Bonchev–Trinajstić information content (AvgIpc) is 3.11. The van der Waals surface area contributed by atoms with Crippen LogP contribution in [0.2, 0.25) is 0 Å². The van der Waals surface area contributed by atoms with Gasteiger partial charge in [-0.1, -0.05) is 30.3 Å². The number of aryl methyl sites for hydroxylation is 1. The first kappa shape index (κ1) is 22.0. The molecule has 0 bridgehead atoms. The topological polar surface area (TPSA) is 64.4 Å². The molecule has 0 aliphatic rings. The summed E-state index contributed by atoms with van der Waals surface area (Å²) in [4.78, 5) is 16.5. The molecule has 0 fully saturated rings. The molecule has 1 N–H and O–H groups in total. The molecule has 1 aromatic heterocycles. The highest BCUT2D eigenvalue weighted by atomic mass is 32.2. The van der Waals surface area contributed by atoms with Gasteiger partial charge in [-0.05, 0) is 50.6 Å². The third-order valence-electron chi connectivity index (χ3n) is 5.00. The number of ether oxygens (including phenoxy) is 1. The first-order chi connectivity index (χ1) is 14.6. The van der Waals surface area contributed by atoms with Crippen molar-refractivity contribution in [2.45, 2.75) is 44.0 Å². The molecule has 0 unspecified atom stereocenters. The number of carbonyl (C=O) groups is 1. The number of unbranched alkanes of at least 4 members (excludes halogenated alkanes) is 2. The van der Waals surface area contributed by atoms with E-state index in [2.05, 4.69) is 53.1 Å². The molecule has 3 aromatic rings. The van der Waals surface area contributed by atoms with Crippen LogP contribution in [0.4, 0.5) is 0 Å². The van der Waals surface area contributed by atoms with E-state index in [1.54, 1.807) is 11.8 Å². The summed E-state index contributed by atoms with van der Waals surface area (Å²) in [6.45, 7) is 3.34. The zero-order valence-corrected chi connectivity index (χ0v) is 18.3. The third kappa shape index (κ3) is 5.89. The number of rotatable bonds is 11. The molecular weight excluding hydrogens is 396 g/mol. The number of hydrogen-bond acceptors (Lipinski definition) is 4. The summed E-state index contributed by atoms with van der Waals surface area (Å²) in [5.74, 6) is 1.08. The summed E-state index contributed by atoms with van der Waals surface area (Å²) in [5, 5.41) is 8.72. The molecule has 6 heteroatoms. The van der Waals surface area contributed by atoms with E-state index in [0.29, 0.717) is 19.6 Å². The van der Waals surface area contributed by atoms with Gasteiger partial charge in [0.1, 0.15) is 11.6 Å². The fourth-order valence-corrected chi connectivity index (χ4v) is 3.72. The standard InChI is InChI=1S/C24H28N2O3S/c1-18-16-25-24(19-11-13-21(30-2)14-12-19)26(18)17-20-8-5-6-9-22(20)29-15-7-3-4-10-23(27)28/h5-6,8-9,11-14,16H,3-4,7,10,15,17H2,1-2H3,(H,27,28). The van der Waals surface area contributed by atoms with E-state index in [4.69, 9.17) is 9.84 Å². The Labute approximate surface area is 182 Å². The highest BCUT2D eigenvalue weighted by molar-refractivity contribution is 7.98. The van der Waals surface area contributed by atoms with Gasteiger partial charge >= 0.3 is 5.97 Å². The molecule has 0 saturated heterocycles. The summed E-state index contributed by atoms with van der Waals surface area (Å²) in [6, 6.07) is 16.5. The number of hydrogen-bond donors (Lipinski definition) is 1. The Bertz CT molecular complexity index is 967. The van der Waals surface area contributed by atoms with Crippen LogP contribution < -0.4 is 4.74 Å². The Morgan fingerprint density at radius 2 is 1.87 bits per heavy atom. The molecule has 0 aliphatic carbocycles. The van der Waals surface area contributed by atoms with Gasteiger partial charge in [0.15, 0.2) is 0 Å². The summed E-state index contributed by atoms with van der Waals surface area (Å²) in [5.41, 5.74) is 3.30. The lowest BCUT2D eigenvalue weighted by Gasteiger charge is -2.15. The Kier molecular flexibility index (Phi) is 7.97. The third-order valence-corrected chi connectivity index (χ3v) is 5.74. The SMILES string of the molecule is CSc1ccc(-c2ncc(C)n2Cc2ccccc2OCCCCCC(=O)O)cc1. The molecule has 30 heavy (non-hydrogen) atoms. The van der Waals surface area contributed by atoms with Crippen molar-refractivity contribution < 1.29 is 14.6 Å². The quantitative estimate of drug-likeness (QED) is 0.318. The molecule has 5 nitrogen and oxygen atoms in total. The molecular formula is C24H28N2O3S. The van der Waals surface area contributed by atoms with Crippen LogP contribution in [-0.4, -0.2) is 33.5 Å². The predicted molar refractivity (Wildman–Crippen MR) is 121 cm³/mol. The monoisotopic (exact) mass is 424 g/mol. The molecule has 1 heterocycles. The molecule has 3 rings (SSSR count). The van der Waals surface area contributed by atoms with Crippen molar-refractivity contribution in [1.29, 1.82) is 0 Å². The minimum absolute atomic E-state index is 0.219. The summed E-state index contributed by atoms with van der Waals surface area (Å²) < 4.78 is 8.24. The van der Waals surface area contributed by atoms with Crippen molar-refractivity contribution in [2.75, 3.05) is 12.9 Å². The van der Waals surface area contributed by atoms with Crippen LogP contribution in [-0.2, 0) is 11.3 Å². The number of nitrogens with zero attached hydrogens (tertiary/aromatic N) is 2. The van der Waals surface area contributed by atoms with Gasteiger partial charge in [0.25, 0.3) is 0 Å². The van der Waals surface area contributed by atoms with Crippen molar-refractivity contribution >= 4 is 17.7 Å². The summed E-state index contributed by atoms with van der Waals surface area (Å²) in [7, 11) is 0. The lowest BCUT2D eigenvalue weighted by molar-refractivity contribution is -0.137. The number of carboxylic acids is 1. The Morgan fingerprint density at radius 3 is 2.60 bits per heavy atom. The fourth-order valence-electron chi connectivity index (χ4n) is 3.31. The van der Waals surface area contributed by atoms with E-state index in [1.165, 1.54) is 4.90 Å². The van der Waals surface area contributed by atoms with E-state index in [9.17, 15) is 4.79 Å². The first-order valence-electron chi connectivity index (χ1n) is 10.2. The second-order valence-corrected chi connectivity index (χ2v) is 8.08. The van der Waals surface area contributed by atoms with E-state index >= 15 is 0 Å². The smallest absolute Gasteiger partial charge is 0.303 e. The largest absolute Gasteiger partial charge is 0.493 e. The van der Waals surface area contributed by atoms with Gasteiger partial charge in [0.05, 0.1) is 13.2 Å². The van der Waals surface area contributed by atoms with Gasteiger partial charge in [-0.2, -0.15) is 0 Å². The molecule has 2 aromatic carbocycles. The van der Waals surface area contributed by atoms with E-state index < -0.39 is 5.97 Å². The second-order valence-electron chi connectivity index (χ2n) is 7.20. The highest BCUT2D eigenvalue weighted by Gasteiger charge is 2.12. The van der Waals surface area contributed by atoms with Crippen LogP contribution in [0.15, 0.2) is 59.6 Å². The van der Waals surface area contributed by atoms with Crippen LogP contribution >= 0.6 is 11.8 Å². The number of imidazole rings is 1. The molecule has 0 amide bonds. The number of benzene rings is 2. The van der Waals surface area contributed by atoms with Crippen LogP contribution in [0.3, 0.4) is 0 Å². The maximum atomic E-state index is 10.6. The van der Waals surface area contributed by atoms with Crippen molar-refractivity contribution in [3.05, 3.63) is 66.0 Å². The van der Waals surface area contributed by atoms with Gasteiger partial charge < -0.3 is 14.4 Å². The number of para-hydroxylation sites is 1. The maximum Gasteiger partial charge on any atom is 0.303 e. The van der Waals surface area contributed by atoms with Crippen molar-refractivity contribution in [1.82, 2.24) is 9.55 Å². The van der Waals surface area contributed by atoms with Gasteiger partial charge in [0, 0.05) is 34.3 Å². The van der Waals surface area contributed by atoms with Gasteiger partial charge in [-0.3, -0.25) is 4.79 Å². The molecule has 0 radical (unpaired) electrons. The van der Waals surface area contributed by atoms with Crippen LogP contribution in [0.25, 0.3) is 11.4 Å². The average molecular weight is 425 g/mol. The van der Waals surface area contributed by atoms with Crippen LogP contribution in [0, 0.1) is 6.92 Å². The minimum Gasteiger partial charge on any atom is -0.493 e. The van der Waals surface area contributed by atoms with Crippen molar-refractivity contribution in [3.63, 3.8) is 0 Å². The fraction of sp³-hybridized carbons (Fsp3) is 0.333. The van der Waals surface area contributed by atoms with Crippen molar-refractivity contribution in [2.24, 2.45) is 0 Å².